The molecule has 0 saturated heterocycles. The van der Waals surface area contributed by atoms with Gasteiger partial charge in [-0.25, -0.2) is 0 Å². The van der Waals surface area contributed by atoms with Crippen LogP contribution in [0.4, 0.5) is 13.2 Å². The lowest BCUT2D eigenvalue weighted by Gasteiger charge is -2.29. The van der Waals surface area contributed by atoms with Crippen molar-refractivity contribution in [3.63, 3.8) is 0 Å². The smallest absolute Gasteiger partial charge is 0.431 e. The summed E-state index contributed by atoms with van der Waals surface area (Å²) in [5, 5.41) is 2.75. The third-order valence-corrected chi connectivity index (χ3v) is 4.66. The predicted molar refractivity (Wildman–Crippen MR) is 99.1 cm³/mol. The highest BCUT2D eigenvalue weighted by molar-refractivity contribution is 5.94. The van der Waals surface area contributed by atoms with Crippen LogP contribution in [0, 0.1) is 6.92 Å². The summed E-state index contributed by atoms with van der Waals surface area (Å²) in [7, 11) is 0. The minimum Gasteiger partial charge on any atom is -0.457 e. The number of hydrogen-bond donors (Lipinski definition) is 2. The Morgan fingerprint density at radius 2 is 1.76 bits per heavy atom. The molecule has 1 aromatic heterocycles. The van der Waals surface area contributed by atoms with Crippen molar-refractivity contribution in [3.8, 4) is 11.5 Å². The number of carbonyl (C=O) groups excluding carboxylic acids is 1. The predicted octanol–water partition coefficient (Wildman–Crippen LogP) is 4.33. The Hall–Kier alpha value is -3.55. The van der Waals surface area contributed by atoms with E-state index < -0.39 is 34.9 Å². The molecule has 1 aliphatic rings. The number of nitrogens with one attached hydrogen (secondary N) is 2. The van der Waals surface area contributed by atoms with Gasteiger partial charge in [-0.2, -0.15) is 13.2 Å². The quantitative estimate of drug-likeness (QED) is 0.673. The standard InChI is InChI=1S/C21H15F3N2O3/c1-11-6-8-16-14(10-11)18(12-4-2-3-5-15(12)29-16)26-20(28)13-7-9-17(21(22,23)24)25-19(13)27/h2-10,18H,1H3,(H,25,27)(H,26,28). The van der Waals surface area contributed by atoms with Gasteiger partial charge in [-0.3, -0.25) is 9.59 Å². The van der Waals surface area contributed by atoms with Crippen molar-refractivity contribution >= 4 is 5.91 Å². The number of fused-ring (bicyclic) bond motifs is 2. The van der Waals surface area contributed by atoms with Crippen LogP contribution in [0.5, 0.6) is 11.5 Å². The van der Waals surface area contributed by atoms with Gasteiger partial charge < -0.3 is 15.0 Å². The van der Waals surface area contributed by atoms with Crippen molar-refractivity contribution in [1.29, 1.82) is 0 Å². The fourth-order valence-corrected chi connectivity index (χ4v) is 3.27. The van der Waals surface area contributed by atoms with Crippen LogP contribution in [0.1, 0.15) is 38.8 Å². The lowest BCUT2D eigenvalue weighted by molar-refractivity contribution is -0.141. The average Bonchev–Trinajstić information content (AvgIpc) is 2.67. The lowest BCUT2D eigenvalue weighted by Crippen LogP contribution is -2.35. The maximum atomic E-state index is 12.8. The maximum Gasteiger partial charge on any atom is 0.431 e. The van der Waals surface area contributed by atoms with Crippen LogP contribution in [0.2, 0.25) is 0 Å². The number of pyridine rings is 1. The second-order valence-electron chi connectivity index (χ2n) is 6.70. The SMILES string of the molecule is Cc1ccc2c(c1)C(NC(=O)c1ccc(C(F)(F)F)[nH]c1=O)c1ccccc1O2. The van der Waals surface area contributed by atoms with Crippen molar-refractivity contribution in [2.75, 3.05) is 0 Å². The van der Waals surface area contributed by atoms with E-state index in [0.717, 1.165) is 11.6 Å². The highest BCUT2D eigenvalue weighted by Gasteiger charge is 2.33. The van der Waals surface area contributed by atoms with E-state index in [1.54, 1.807) is 35.3 Å². The summed E-state index contributed by atoms with van der Waals surface area (Å²) in [5.41, 5.74) is -0.407. The summed E-state index contributed by atoms with van der Waals surface area (Å²) in [6, 6.07) is 13.5. The van der Waals surface area contributed by atoms with Gasteiger partial charge in [-0.05, 0) is 37.3 Å². The van der Waals surface area contributed by atoms with Crippen LogP contribution in [-0.4, -0.2) is 10.9 Å². The molecule has 0 bridgehead atoms. The summed E-state index contributed by atoms with van der Waals surface area (Å²) in [6.45, 7) is 1.89. The molecule has 1 amide bonds. The number of aryl methyl sites for hydroxylation is 1. The Morgan fingerprint density at radius 1 is 1.03 bits per heavy atom. The Morgan fingerprint density at radius 3 is 2.48 bits per heavy atom. The van der Waals surface area contributed by atoms with Crippen molar-refractivity contribution in [2.45, 2.75) is 19.1 Å². The van der Waals surface area contributed by atoms with Crippen molar-refractivity contribution in [1.82, 2.24) is 10.3 Å². The number of hydrogen-bond acceptors (Lipinski definition) is 3. The van der Waals surface area contributed by atoms with Crippen LogP contribution in [0.15, 0.2) is 59.4 Å². The van der Waals surface area contributed by atoms with E-state index in [1.807, 2.05) is 19.1 Å². The topological polar surface area (TPSA) is 71.2 Å². The molecule has 4 rings (SSSR count). The normalized spacial score (nSPS) is 15.1. The maximum absolute atomic E-state index is 12.8. The first-order valence-electron chi connectivity index (χ1n) is 8.73. The Kier molecular flexibility index (Phi) is 4.41. The minimum absolute atomic E-state index is 0.406. The monoisotopic (exact) mass is 400 g/mol. The molecule has 1 unspecified atom stereocenters. The Labute approximate surface area is 163 Å². The van der Waals surface area contributed by atoms with Gasteiger partial charge in [0.05, 0.1) is 6.04 Å². The first-order valence-corrected chi connectivity index (χ1v) is 8.73. The molecule has 0 fully saturated rings. The summed E-state index contributed by atoms with van der Waals surface area (Å²) in [4.78, 5) is 26.5. The van der Waals surface area contributed by atoms with Gasteiger partial charge in [-0.15, -0.1) is 0 Å². The summed E-state index contributed by atoms with van der Waals surface area (Å²) in [6.07, 6.45) is -4.70. The Balaban J connectivity index is 1.72. The number of para-hydroxylation sites is 1. The van der Waals surface area contributed by atoms with Gasteiger partial charge in [-0.1, -0.05) is 29.8 Å². The largest absolute Gasteiger partial charge is 0.457 e. The van der Waals surface area contributed by atoms with E-state index >= 15 is 0 Å². The molecule has 2 N–H and O–H groups in total. The van der Waals surface area contributed by atoms with Crippen molar-refractivity contribution in [2.24, 2.45) is 0 Å². The first kappa shape index (κ1) is 18.8. The Bertz CT molecular complexity index is 1170. The molecule has 148 valence electrons. The number of alkyl halides is 3. The van der Waals surface area contributed by atoms with Gasteiger partial charge in [0.15, 0.2) is 0 Å². The van der Waals surface area contributed by atoms with E-state index in [2.05, 4.69) is 5.32 Å². The molecule has 2 heterocycles. The van der Waals surface area contributed by atoms with Gasteiger partial charge in [0.2, 0.25) is 0 Å². The number of H-pyrrole nitrogens is 1. The van der Waals surface area contributed by atoms with E-state index in [9.17, 15) is 22.8 Å². The van der Waals surface area contributed by atoms with Crippen LogP contribution in [-0.2, 0) is 6.18 Å². The highest BCUT2D eigenvalue weighted by Crippen LogP contribution is 2.43. The molecule has 0 spiro atoms. The van der Waals surface area contributed by atoms with Gasteiger partial charge in [0, 0.05) is 11.1 Å². The third-order valence-electron chi connectivity index (χ3n) is 4.66. The molecule has 0 saturated carbocycles. The number of carbonyl (C=O) groups is 1. The molecule has 0 aliphatic carbocycles. The number of halogens is 3. The second-order valence-corrected chi connectivity index (χ2v) is 6.70. The van der Waals surface area contributed by atoms with Gasteiger partial charge in [0.25, 0.3) is 11.5 Å². The number of ether oxygens (including phenoxy) is 1. The summed E-state index contributed by atoms with van der Waals surface area (Å²) < 4.78 is 44.2. The van der Waals surface area contributed by atoms with Crippen LogP contribution in [0.25, 0.3) is 0 Å². The van der Waals surface area contributed by atoms with Crippen LogP contribution in [0.3, 0.4) is 0 Å². The zero-order valence-electron chi connectivity index (χ0n) is 15.1. The molecule has 3 aromatic rings. The van der Waals surface area contributed by atoms with E-state index in [0.29, 0.717) is 28.7 Å². The number of aromatic amines is 1. The molecule has 8 heteroatoms. The molecule has 1 atom stereocenters. The lowest BCUT2D eigenvalue weighted by atomic mass is 9.93. The van der Waals surface area contributed by atoms with Crippen LogP contribution < -0.4 is 15.6 Å². The number of benzene rings is 2. The highest BCUT2D eigenvalue weighted by atomic mass is 19.4. The zero-order valence-corrected chi connectivity index (χ0v) is 15.1. The first-order chi connectivity index (χ1) is 13.7. The molecule has 29 heavy (non-hydrogen) atoms. The van der Waals surface area contributed by atoms with Crippen molar-refractivity contribution in [3.05, 3.63) is 92.9 Å². The molecular weight excluding hydrogens is 385 g/mol. The fourth-order valence-electron chi connectivity index (χ4n) is 3.27. The number of aromatic nitrogens is 1. The van der Waals surface area contributed by atoms with Gasteiger partial charge >= 0.3 is 6.18 Å². The number of amides is 1. The average molecular weight is 400 g/mol. The molecule has 5 nitrogen and oxygen atoms in total. The molecule has 0 radical (unpaired) electrons. The molecule has 1 aliphatic heterocycles. The molecule has 2 aromatic carbocycles. The zero-order chi connectivity index (χ0) is 20.8. The second kappa shape index (κ2) is 6.80. The van der Waals surface area contributed by atoms with E-state index in [-0.39, 0.29) is 0 Å². The third kappa shape index (κ3) is 3.49. The van der Waals surface area contributed by atoms with Crippen LogP contribution >= 0.6 is 0 Å². The summed E-state index contributed by atoms with van der Waals surface area (Å²) in [5.74, 6) is 0.325. The number of rotatable bonds is 2. The van der Waals surface area contributed by atoms with Crippen molar-refractivity contribution < 1.29 is 22.7 Å². The molecular formula is C21H15F3N2O3. The van der Waals surface area contributed by atoms with E-state index in [1.165, 1.54) is 0 Å². The summed E-state index contributed by atoms with van der Waals surface area (Å²) >= 11 is 0. The fraction of sp³-hybridized carbons (Fsp3) is 0.143. The van der Waals surface area contributed by atoms with E-state index in [4.69, 9.17) is 4.74 Å². The van der Waals surface area contributed by atoms with Gasteiger partial charge in [0.1, 0.15) is 22.8 Å². The minimum atomic E-state index is -4.70.